The van der Waals surface area contributed by atoms with Crippen LogP contribution in [0.3, 0.4) is 0 Å². The Hall–Kier alpha value is -1.20. The van der Waals surface area contributed by atoms with Crippen LogP contribution in [0.25, 0.3) is 0 Å². The molecule has 0 radical (unpaired) electrons. The number of allylic oxidation sites excluding steroid dienone is 1. The van der Waals surface area contributed by atoms with Crippen molar-refractivity contribution in [3.05, 3.63) is 11.6 Å². The minimum Gasteiger partial charge on any atom is -0.462 e. The zero-order valence-corrected chi connectivity index (χ0v) is 17.5. The zero-order chi connectivity index (χ0) is 19.9. The van der Waals surface area contributed by atoms with Gasteiger partial charge in [-0.05, 0) is 68.8 Å². The fourth-order valence-corrected chi connectivity index (χ4v) is 7.00. The molecule has 0 spiro atoms. The minimum atomic E-state index is -0.225. The van der Waals surface area contributed by atoms with Gasteiger partial charge in [0.15, 0.2) is 5.78 Å². The van der Waals surface area contributed by atoms with Crippen LogP contribution >= 0.6 is 0 Å². The molecule has 0 aromatic carbocycles. The standard InChI is InChI=1S/C23H34O5/c1-4-26-27-14-23-9-5-6-19(23)21-18(8-11-23)22(3)10-7-17(28-15(2)24)12-16(22)13-20(21)25/h13,17-19,21H,4-12,14H2,1-3H3/t17-,18+,19+,21-,22+,23+/m1/s1. The van der Waals surface area contributed by atoms with Crippen molar-refractivity contribution in [2.45, 2.75) is 78.2 Å². The number of fused-ring (bicyclic) bond motifs is 5. The summed E-state index contributed by atoms with van der Waals surface area (Å²) in [5, 5.41) is 0. The topological polar surface area (TPSA) is 61.8 Å². The molecule has 0 aliphatic heterocycles. The molecular weight excluding hydrogens is 356 g/mol. The average molecular weight is 391 g/mol. The summed E-state index contributed by atoms with van der Waals surface area (Å²) in [7, 11) is 0. The van der Waals surface area contributed by atoms with E-state index in [0.29, 0.717) is 37.3 Å². The monoisotopic (exact) mass is 390 g/mol. The van der Waals surface area contributed by atoms with Gasteiger partial charge in [-0.3, -0.25) is 9.59 Å². The van der Waals surface area contributed by atoms with Gasteiger partial charge in [0.2, 0.25) is 0 Å². The second kappa shape index (κ2) is 7.56. The molecule has 156 valence electrons. The SMILES string of the molecule is CCOOC[C@@]12CCC[C@H]1[C@@H]1C(=O)C=C3C[C@H](OC(C)=O)CC[C@]3(C)[C@H]1CC2. The van der Waals surface area contributed by atoms with E-state index in [9.17, 15) is 9.59 Å². The average Bonchev–Trinajstić information content (AvgIpc) is 3.07. The number of hydrogen-bond acceptors (Lipinski definition) is 5. The highest BCUT2D eigenvalue weighted by Gasteiger charge is 2.60. The Morgan fingerprint density at radius 2 is 1.96 bits per heavy atom. The van der Waals surface area contributed by atoms with Crippen LogP contribution in [0.1, 0.15) is 72.1 Å². The Balaban J connectivity index is 1.58. The van der Waals surface area contributed by atoms with Crippen molar-refractivity contribution in [1.82, 2.24) is 0 Å². The lowest BCUT2D eigenvalue weighted by molar-refractivity contribution is -0.313. The van der Waals surface area contributed by atoms with Gasteiger partial charge in [-0.2, -0.15) is 0 Å². The van der Waals surface area contributed by atoms with Crippen LogP contribution in [0.5, 0.6) is 0 Å². The molecule has 0 saturated heterocycles. The van der Waals surface area contributed by atoms with Gasteiger partial charge in [-0.15, -0.1) is 0 Å². The van der Waals surface area contributed by atoms with Crippen LogP contribution in [0, 0.1) is 28.6 Å². The second-order valence-electron chi connectivity index (χ2n) is 9.66. The predicted molar refractivity (Wildman–Crippen MR) is 104 cm³/mol. The van der Waals surface area contributed by atoms with E-state index in [4.69, 9.17) is 14.5 Å². The van der Waals surface area contributed by atoms with Gasteiger partial charge in [-0.25, -0.2) is 9.78 Å². The smallest absolute Gasteiger partial charge is 0.302 e. The molecular formula is C23H34O5. The summed E-state index contributed by atoms with van der Waals surface area (Å²) < 4.78 is 5.48. The predicted octanol–water partition coefficient (Wildman–Crippen LogP) is 4.40. The van der Waals surface area contributed by atoms with Crippen LogP contribution < -0.4 is 0 Å². The quantitative estimate of drug-likeness (QED) is 0.301. The fraction of sp³-hybridized carbons (Fsp3) is 0.826. The van der Waals surface area contributed by atoms with E-state index in [1.807, 2.05) is 13.0 Å². The largest absolute Gasteiger partial charge is 0.462 e. The van der Waals surface area contributed by atoms with E-state index >= 15 is 0 Å². The number of rotatable bonds is 5. The molecule has 3 saturated carbocycles. The van der Waals surface area contributed by atoms with Gasteiger partial charge in [0, 0.05) is 24.7 Å². The molecule has 6 atom stereocenters. The maximum absolute atomic E-state index is 13.3. The minimum absolute atomic E-state index is 0.0603. The van der Waals surface area contributed by atoms with Crippen LogP contribution in [0.15, 0.2) is 11.6 Å². The third-order valence-corrected chi connectivity index (χ3v) is 8.31. The molecule has 4 aliphatic carbocycles. The summed E-state index contributed by atoms with van der Waals surface area (Å²) in [6.07, 6.45) is 10.1. The van der Waals surface area contributed by atoms with E-state index in [-0.39, 0.29) is 28.8 Å². The van der Waals surface area contributed by atoms with Crippen molar-refractivity contribution in [3.63, 3.8) is 0 Å². The Labute approximate surface area is 168 Å². The lowest BCUT2D eigenvalue weighted by Crippen LogP contribution is -2.54. The molecule has 0 aromatic heterocycles. The van der Waals surface area contributed by atoms with Crippen molar-refractivity contribution in [2.75, 3.05) is 13.2 Å². The number of carbonyl (C=O) groups excluding carboxylic acids is 2. The van der Waals surface area contributed by atoms with Crippen molar-refractivity contribution < 1.29 is 24.1 Å². The number of ether oxygens (including phenoxy) is 1. The number of carbonyl (C=O) groups is 2. The van der Waals surface area contributed by atoms with Gasteiger partial charge in [-0.1, -0.05) is 18.9 Å². The molecule has 0 amide bonds. The summed E-state index contributed by atoms with van der Waals surface area (Å²) in [6.45, 7) is 6.93. The Morgan fingerprint density at radius 3 is 2.71 bits per heavy atom. The Bertz CT molecular complexity index is 670. The maximum Gasteiger partial charge on any atom is 0.302 e. The third kappa shape index (κ3) is 3.24. The van der Waals surface area contributed by atoms with Crippen LogP contribution in [-0.4, -0.2) is 31.1 Å². The summed E-state index contributed by atoms with van der Waals surface area (Å²) in [5.74, 6) is 0.993. The van der Waals surface area contributed by atoms with Gasteiger partial charge < -0.3 is 4.74 Å². The van der Waals surface area contributed by atoms with Crippen molar-refractivity contribution in [3.8, 4) is 0 Å². The van der Waals surface area contributed by atoms with Gasteiger partial charge in [0.05, 0.1) is 13.2 Å². The molecule has 0 N–H and O–H groups in total. The lowest BCUT2D eigenvalue weighted by Gasteiger charge is -2.56. The first-order valence-corrected chi connectivity index (χ1v) is 11.1. The van der Waals surface area contributed by atoms with Crippen LogP contribution in [0.4, 0.5) is 0 Å². The van der Waals surface area contributed by atoms with E-state index in [0.717, 1.165) is 38.5 Å². The zero-order valence-electron chi connectivity index (χ0n) is 17.5. The van der Waals surface area contributed by atoms with E-state index < -0.39 is 0 Å². The molecule has 0 heterocycles. The Morgan fingerprint density at radius 1 is 1.14 bits per heavy atom. The molecule has 0 bridgehead atoms. The van der Waals surface area contributed by atoms with E-state index in [1.54, 1.807) is 0 Å². The summed E-state index contributed by atoms with van der Waals surface area (Å²) in [4.78, 5) is 35.5. The number of hydrogen-bond donors (Lipinski definition) is 0. The van der Waals surface area contributed by atoms with E-state index in [2.05, 4.69) is 6.92 Å². The highest BCUT2D eigenvalue weighted by Crippen LogP contribution is 2.64. The van der Waals surface area contributed by atoms with Crippen molar-refractivity contribution >= 4 is 11.8 Å². The molecule has 28 heavy (non-hydrogen) atoms. The fourth-order valence-electron chi connectivity index (χ4n) is 7.00. The third-order valence-electron chi connectivity index (χ3n) is 8.31. The first kappa shape index (κ1) is 20.1. The van der Waals surface area contributed by atoms with Gasteiger partial charge in [0.1, 0.15) is 6.10 Å². The normalized spacial score (nSPS) is 42.2. The summed E-state index contributed by atoms with van der Waals surface area (Å²) in [5.41, 5.74) is 1.38. The Kier molecular flexibility index (Phi) is 5.43. The molecule has 4 rings (SSSR count). The molecule has 4 aliphatic rings. The van der Waals surface area contributed by atoms with Crippen molar-refractivity contribution in [2.24, 2.45) is 28.6 Å². The van der Waals surface area contributed by atoms with Gasteiger partial charge >= 0.3 is 5.97 Å². The number of esters is 1. The molecule has 0 unspecified atom stereocenters. The number of ketones is 1. The van der Waals surface area contributed by atoms with Gasteiger partial charge in [0.25, 0.3) is 0 Å². The van der Waals surface area contributed by atoms with Crippen LogP contribution in [-0.2, 0) is 24.1 Å². The second-order valence-corrected chi connectivity index (χ2v) is 9.66. The van der Waals surface area contributed by atoms with Crippen molar-refractivity contribution in [1.29, 1.82) is 0 Å². The molecule has 5 nitrogen and oxygen atoms in total. The summed E-state index contributed by atoms with van der Waals surface area (Å²) >= 11 is 0. The first-order chi connectivity index (χ1) is 13.4. The molecule has 3 fully saturated rings. The lowest BCUT2D eigenvalue weighted by atomic mass is 9.47. The summed E-state index contributed by atoms with van der Waals surface area (Å²) in [6, 6.07) is 0. The molecule has 5 heteroatoms. The van der Waals surface area contributed by atoms with E-state index in [1.165, 1.54) is 18.9 Å². The maximum atomic E-state index is 13.3. The first-order valence-electron chi connectivity index (χ1n) is 11.1. The molecule has 0 aromatic rings. The van der Waals surface area contributed by atoms with Crippen LogP contribution in [0.2, 0.25) is 0 Å². The highest BCUT2D eigenvalue weighted by atomic mass is 17.2. The highest BCUT2D eigenvalue weighted by molar-refractivity contribution is 5.94.